The molecule has 1 aliphatic rings. The van der Waals surface area contributed by atoms with Gasteiger partial charge in [-0.3, -0.25) is 4.79 Å². The number of benzene rings is 2. The van der Waals surface area contributed by atoms with Crippen molar-refractivity contribution < 1.29 is 33.3 Å². The second-order valence-electron chi connectivity index (χ2n) is 7.50. The molecule has 0 fully saturated rings. The van der Waals surface area contributed by atoms with Crippen molar-refractivity contribution in [2.45, 2.75) is 39.4 Å². The van der Waals surface area contributed by atoms with E-state index in [4.69, 9.17) is 23.7 Å². The molecule has 0 N–H and O–H groups in total. The lowest BCUT2D eigenvalue weighted by atomic mass is 9.99. The van der Waals surface area contributed by atoms with Crippen LogP contribution in [0.25, 0.3) is 11.1 Å². The van der Waals surface area contributed by atoms with Crippen LogP contribution in [0, 0.1) is 0 Å². The number of cyclic esters (lactones) is 1. The van der Waals surface area contributed by atoms with Gasteiger partial charge in [0, 0.05) is 17.5 Å². The Bertz CT molecular complexity index is 962. The van der Waals surface area contributed by atoms with E-state index in [-0.39, 0.29) is 31.6 Å². The first-order valence-corrected chi connectivity index (χ1v) is 9.69. The minimum atomic E-state index is -0.837. The Hall–Kier alpha value is -3.22. The fourth-order valence-electron chi connectivity index (χ4n) is 3.23. The van der Waals surface area contributed by atoms with Gasteiger partial charge in [-0.2, -0.15) is 0 Å². The number of carbonyl (C=O) groups is 2. The summed E-state index contributed by atoms with van der Waals surface area (Å²) in [6, 6.07) is 9.13. The average Bonchev–Trinajstić information content (AvgIpc) is 3.11. The van der Waals surface area contributed by atoms with Gasteiger partial charge in [-0.1, -0.05) is 13.0 Å². The lowest BCUT2D eigenvalue weighted by molar-refractivity contribution is -0.158. The maximum Gasteiger partial charge on any atom is 0.338 e. The zero-order valence-corrected chi connectivity index (χ0v) is 17.9. The van der Waals surface area contributed by atoms with Crippen molar-refractivity contribution in [2.24, 2.45) is 0 Å². The monoisotopic (exact) mass is 414 g/mol. The molecule has 0 aliphatic carbocycles. The molecule has 0 aromatic heterocycles. The van der Waals surface area contributed by atoms with Gasteiger partial charge >= 0.3 is 11.9 Å². The Labute approximate surface area is 175 Å². The summed E-state index contributed by atoms with van der Waals surface area (Å²) < 4.78 is 27.7. The molecular formula is C23H26O7. The third-order valence-corrected chi connectivity index (χ3v) is 4.74. The quantitative estimate of drug-likeness (QED) is 0.600. The Morgan fingerprint density at radius 3 is 2.47 bits per heavy atom. The summed E-state index contributed by atoms with van der Waals surface area (Å²) >= 11 is 0. The third-order valence-electron chi connectivity index (χ3n) is 4.74. The van der Waals surface area contributed by atoms with Gasteiger partial charge in [-0.25, -0.2) is 4.79 Å². The zero-order valence-electron chi connectivity index (χ0n) is 17.9. The SMILES string of the molecule is CCC(=O)OC(C)(C)COc1c(-c2ccc3c(c2)COC3=O)ccc(OC)c1OC. The van der Waals surface area contributed by atoms with Crippen LogP contribution in [0.3, 0.4) is 0 Å². The number of esters is 2. The molecule has 2 aromatic carbocycles. The van der Waals surface area contributed by atoms with Crippen LogP contribution in [0.1, 0.15) is 43.1 Å². The van der Waals surface area contributed by atoms with E-state index in [1.54, 1.807) is 40.0 Å². The predicted molar refractivity (Wildman–Crippen MR) is 110 cm³/mol. The van der Waals surface area contributed by atoms with Gasteiger partial charge in [0.25, 0.3) is 0 Å². The number of hydrogen-bond acceptors (Lipinski definition) is 7. The number of carbonyl (C=O) groups excluding carboxylic acids is 2. The molecule has 2 aromatic rings. The van der Waals surface area contributed by atoms with Crippen LogP contribution in [-0.2, 0) is 20.9 Å². The van der Waals surface area contributed by atoms with Gasteiger partial charge in [0.1, 0.15) is 18.8 Å². The van der Waals surface area contributed by atoms with Crippen LogP contribution in [-0.4, -0.2) is 38.4 Å². The minimum Gasteiger partial charge on any atom is -0.493 e. The summed E-state index contributed by atoms with van der Waals surface area (Å²) in [5, 5.41) is 0. The highest BCUT2D eigenvalue weighted by molar-refractivity contribution is 5.94. The zero-order chi connectivity index (χ0) is 21.9. The second kappa shape index (κ2) is 8.65. The molecule has 7 heteroatoms. The van der Waals surface area contributed by atoms with Gasteiger partial charge in [0.2, 0.25) is 5.75 Å². The van der Waals surface area contributed by atoms with Crippen LogP contribution in [0.2, 0.25) is 0 Å². The number of rotatable bonds is 8. The Morgan fingerprint density at radius 2 is 1.80 bits per heavy atom. The van der Waals surface area contributed by atoms with E-state index in [9.17, 15) is 9.59 Å². The van der Waals surface area contributed by atoms with Crippen LogP contribution >= 0.6 is 0 Å². The first kappa shape index (κ1) is 21.5. The molecule has 7 nitrogen and oxygen atoms in total. The standard InChI is InChI=1S/C23H26O7/c1-6-19(24)30-23(2,3)13-29-20-16(9-10-18(26-4)21(20)27-5)14-7-8-17-15(11-14)12-28-22(17)25/h7-11H,6,12-13H2,1-5H3. The van der Waals surface area contributed by atoms with Crippen molar-refractivity contribution in [2.75, 3.05) is 20.8 Å². The van der Waals surface area contributed by atoms with E-state index >= 15 is 0 Å². The molecule has 0 bridgehead atoms. The maximum atomic E-state index is 11.8. The molecule has 0 saturated heterocycles. The summed E-state index contributed by atoms with van der Waals surface area (Å²) in [6.07, 6.45) is 0.285. The van der Waals surface area contributed by atoms with Gasteiger partial charge in [-0.05, 0) is 43.7 Å². The van der Waals surface area contributed by atoms with Crippen LogP contribution in [0.4, 0.5) is 0 Å². The number of hydrogen-bond donors (Lipinski definition) is 0. The Morgan fingerprint density at radius 1 is 1.07 bits per heavy atom. The fraction of sp³-hybridized carbons (Fsp3) is 0.391. The number of methoxy groups -OCH3 is 2. The molecule has 0 saturated carbocycles. The fourth-order valence-corrected chi connectivity index (χ4v) is 3.23. The van der Waals surface area contributed by atoms with E-state index in [1.807, 2.05) is 18.2 Å². The topological polar surface area (TPSA) is 80.3 Å². The van der Waals surface area contributed by atoms with Crippen molar-refractivity contribution in [1.82, 2.24) is 0 Å². The predicted octanol–water partition coefficient (Wildman–Crippen LogP) is 4.15. The minimum absolute atomic E-state index is 0.113. The van der Waals surface area contributed by atoms with E-state index in [2.05, 4.69) is 0 Å². The average molecular weight is 414 g/mol. The molecule has 160 valence electrons. The van der Waals surface area contributed by atoms with E-state index in [0.29, 0.717) is 22.8 Å². The van der Waals surface area contributed by atoms with Crippen molar-refractivity contribution in [3.8, 4) is 28.4 Å². The normalized spacial score (nSPS) is 12.8. The molecular weight excluding hydrogens is 388 g/mol. The molecule has 1 aliphatic heterocycles. The largest absolute Gasteiger partial charge is 0.493 e. The molecule has 0 atom stereocenters. The van der Waals surface area contributed by atoms with Crippen LogP contribution < -0.4 is 14.2 Å². The third kappa shape index (κ3) is 4.35. The number of fused-ring (bicyclic) bond motifs is 1. The smallest absolute Gasteiger partial charge is 0.338 e. The van der Waals surface area contributed by atoms with E-state index < -0.39 is 5.60 Å². The van der Waals surface area contributed by atoms with Crippen molar-refractivity contribution >= 4 is 11.9 Å². The van der Waals surface area contributed by atoms with Gasteiger partial charge in [-0.15, -0.1) is 0 Å². The molecule has 0 amide bonds. The molecule has 1 heterocycles. The lowest BCUT2D eigenvalue weighted by Gasteiger charge is -2.26. The Balaban J connectivity index is 2.00. The highest BCUT2D eigenvalue weighted by Crippen LogP contribution is 2.45. The highest BCUT2D eigenvalue weighted by atomic mass is 16.6. The van der Waals surface area contributed by atoms with Gasteiger partial charge in [0.15, 0.2) is 11.5 Å². The van der Waals surface area contributed by atoms with E-state index in [0.717, 1.165) is 16.7 Å². The molecule has 0 radical (unpaired) electrons. The van der Waals surface area contributed by atoms with Gasteiger partial charge in [0.05, 0.1) is 19.8 Å². The second-order valence-corrected chi connectivity index (χ2v) is 7.50. The van der Waals surface area contributed by atoms with Crippen molar-refractivity contribution in [3.63, 3.8) is 0 Å². The summed E-state index contributed by atoms with van der Waals surface area (Å²) in [4.78, 5) is 23.5. The van der Waals surface area contributed by atoms with Crippen molar-refractivity contribution in [1.29, 1.82) is 0 Å². The molecule has 0 unspecified atom stereocenters. The van der Waals surface area contributed by atoms with Gasteiger partial charge < -0.3 is 23.7 Å². The summed E-state index contributed by atoms with van der Waals surface area (Å²) in [6.45, 7) is 5.66. The summed E-state index contributed by atoms with van der Waals surface area (Å²) in [5.41, 5.74) is 2.14. The summed E-state index contributed by atoms with van der Waals surface area (Å²) in [5.74, 6) is 0.784. The van der Waals surface area contributed by atoms with Crippen LogP contribution in [0.15, 0.2) is 30.3 Å². The molecule has 3 rings (SSSR count). The van der Waals surface area contributed by atoms with Crippen LogP contribution in [0.5, 0.6) is 17.2 Å². The maximum absolute atomic E-state index is 11.8. The Kier molecular flexibility index (Phi) is 6.20. The first-order chi connectivity index (χ1) is 14.3. The molecule has 30 heavy (non-hydrogen) atoms. The van der Waals surface area contributed by atoms with Crippen molar-refractivity contribution in [3.05, 3.63) is 41.5 Å². The first-order valence-electron chi connectivity index (χ1n) is 9.69. The highest BCUT2D eigenvalue weighted by Gasteiger charge is 2.27. The lowest BCUT2D eigenvalue weighted by Crippen LogP contribution is -2.34. The molecule has 0 spiro atoms. The van der Waals surface area contributed by atoms with E-state index in [1.165, 1.54) is 7.11 Å². The summed E-state index contributed by atoms with van der Waals surface area (Å²) in [7, 11) is 3.08. The number of ether oxygens (including phenoxy) is 5.